The van der Waals surface area contributed by atoms with E-state index in [0.29, 0.717) is 10.2 Å². The van der Waals surface area contributed by atoms with Gasteiger partial charge in [0.1, 0.15) is 10.4 Å². The minimum Gasteiger partial charge on any atom is -0.383 e. The van der Waals surface area contributed by atoms with Crippen molar-refractivity contribution in [3.05, 3.63) is 21.8 Å². The van der Waals surface area contributed by atoms with E-state index >= 15 is 0 Å². The molecule has 0 fully saturated rings. The number of nitrogens with two attached hydrogens (primary N) is 1. The van der Waals surface area contributed by atoms with E-state index in [9.17, 15) is 8.78 Å². The van der Waals surface area contributed by atoms with Crippen LogP contribution in [0.5, 0.6) is 0 Å². The van der Waals surface area contributed by atoms with Crippen LogP contribution in [0.1, 0.15) is 17.6 Å². The summed E-state index contributed by atoms with van der Waals surface area (Å²) in [6.07, 6.45) is -2.56. The smallest absolute Gasteiger partial charge is 0.267 e. The third-order valence-corrected chi connectivity index (χ3v) is 1.89. The van der Waals surface area contributed by atoms with Crippen LogP contribution >= 0.6 is 15.9 Å². The highest BCUT2D eigenvalue weighted by molar-refractivity contribution is 9.10. The lowest BCUT2D eigenvalue weighted by Crippen LogP contribution is -2.01. The number of nitrogen functional groups attached to an aromatic ring is 1. The summed E-state index contributed by atoms with van der Waals surface area (Å²) in [4.78, 5) is 3.67. The van der Waals surface area contributed by atoms with Gasteiger partial charge in [-0.15, -0.1) is 0 Å². The second kappa shape index (κ2) is 3.35. The highest BCUT2D eigenvalue weighted by atomic mass is 79.9. The van der Waals surface area contributed by atoms with Crippen molar-refractivity contribution in [1.82, 2.24) is 4.98 Å². The Labute approximate surface area is 76.9 Å². The Morgan fingerprint density at radius 1 is 1.58 bits per heavy atom. The van der Waals surface area contributed by atoms with E-state index in [0.717, 1.165) is 0 Å². The molecule has 1 aromatic rings. The quantitative estimate of drug-likeness (QED) is 0.762. The van der Waals surface area contributed by atoms with Crippen LogP contribution < -0.4 is 5.73 Å². The van der Waals surface area contributed by atoms with Crippen molar-refractivity contribution in [3.63, 3.8) is 0 Å². The lowest BCUT2D eigenvalue weighted by Gasteiger charge is -2.07. The molecule has 0 radical (unpaired) electrons. The standard InChI is InChI=1S/C7H7BrF2N2/c1-3-2-4(8)12-7(11)5(3)6(9)10/h2,6H,1H3,(H2,11,12). The Bertz CT molecular complexity index is 278. The Balaban J connectivity index is 3.28. The minimum absolute atomic E-state index is 0.114. The van der Waals surface area contributed by atoms with Crippen LogP contribution in [-0.4, -0.2) is 4.98 Å². The fraction of sp³-hybridized carbons (Fsp3) is 0.286. The number of anilines is 1. The van der Waals surface area contributed by atoms with Crippen molar-refractivity contribution < 1.29 is 8.78 Å². The van der Waals surface area contributed by atoms with Crippen molar-refractivity contribution in [2.24, 2.45) is 0 Å². The number of aryl methyl sites for hydroxylation is 1. The molecule has 0 aromatic carbocycles. The van der Waals surface area contributed by atoms with Gasteiger partial charge >= 0.3 is 0 Å². The number of alkyl halides is 2. The Kier molecular flexibility index (Phi) is 2.62. The molecule has 66 valence electrons. The molecule has 2 N–H and O–H groups in total. The summed E-state index contributed by atoms with van der Waals surface area (Å²) in [6, 6.07) is 1.51. The van der Waals surface area contributed by atoms with Gasteiger partial charge in [-0.1, -0.05) is 0 Å². The maximum absolute atomic E-state index is 12.3. The van der Waals surface area contributed by atoms with E-state index in [-0.39, 0.29) is 11.4 Å². The molecule has 1 rings (SSSR count). The van der Waals surface area contributed by atoms with Crippen LogP contribution in [-0.2, 0) is 0 Å². The third kappa shape index (κ3) is 1.72. The second-order valence-corrected chi connectivity index (χ2v) is 3.17. The van der Waals surface area contributed by atoms with Gasteiger partial charge in [-0.2, -0.15) is 0 Å². The van der Waals surface area contributed by atoms with Crippen LogP contribution in [0.15, 0.2) is 10.7 Å². The lowest BCUT2D eigenvalue weighted by molar-refractivity contribution is 0.151. The molecule has 0 bridgehead atoms. The number of hydrogen-bond acceptors (Lipinski definition) is 2. The van der Waals surface area contributed by atoms with Crippen molar-refractivity contribution in [3.8, 4) is 0 Å². The van der Waals surface area contributed by atoms with Crippen molar-refractivity contribution in [1.29, 1.82) is 0 Å². The fourth-order valence-corrected chi connectivity index (χ4v) is 1.48. The van der Waals surface area contributed by atoms with Gasteiger partial charge in [0.2, 0.25) is 0 Å². The lowest BCUT2D eigenvalue weighted by atomic mass is 10.1. The van der Waals surface area contributed by atoms with E-state index in [1.807, 2.05) is 0 Å². The molecule has 5 heteroatoms. The zero-order valence-corrected chi connectivity index (χ0v) is 7.90. The highest BCUT2D eigenvalue weighted by Crippen LogP contribution is 2.28. The summed E-state index contributed by atoms with van der Waals surface area (Å²) in [5.74, 6) is -0.114. The predicted octanol–water partition coefficient (Wildman–Crippen LogP) is 2.67. The number of halogens is 3. The summed E-state index contributed by atoms with van der Waals surface area (Å²) >= 11 is 3.06. The molecular formula is C7H7BrF2N2. The van der Waals surface area contributed by atoms with Gasteiger partial charge in [0.25, 0.3) is 6.43 Å². The summed E-state index contributed by atoms with van der Waals surface area (Å²) in [6.45, 7) is 1.57. The summed E-state index contributed by atoms with van der Waals surface area (Å²) in [7, 11) is 0. The first-order valence-corrected chi connectivity index (χ1v) is 4.02. The molecule has 0 saturated heterocycles. The zero-order valence-electron chi connectivity index (χ0n) is 6.31. The molecule has 0 aliphatic rings. The monoisotopic (exact) mass is 236 g/mol. The van der Waals surface area contributed by atoms with Crippen LogP contribution in [0.2, 0.25) is 0 Å². The van der Waals surface area contributed by atoms with Crippen LogP contribution in [0.4, 0.5) is 14.6 Å². The third-order valence-electron chi connectivity index (χ3n) is 1.48. The van der Waals surface area contributed by atoms with Gasteiger partial charge < -0.3 is 5.73 Å². The topological polar surface area (TPSA) is 38.9 Å². The van der Waals surface area contributed by atoms with E-state index in [2.05, 4.69) is 20.9 Å². The molecule has 0 amide bonds. The average molecular weight is 237 g/mol. The number of aromatic nitrogens is 1. The molecular weight excluding hydrogens is 230 g/mol. The number of rotatable bonds is 1. The molecule has 0 spiro atoms. The fourth-order valence-electron chi connectivity index (χ4n) is 0.950. The minimum atomic E-state index is -2.56. The highest BCUT2D eigenvalue weighted by Gasteiger charge is 2.15. The molecule has 2 nitrogen and oxygen atoms in total. The largest absolute Gasteiger partial charge is 0.383 e. The summed E-state index contributed by atoms with van der Waals surface area (Å²) < 4.78 is 25.0. The second-order valence-electron chi connectivity index (χ2n) is 2.36. The maximum Gasteiger partial charge on any atom is 0.267 e. The number of hydrogen-bond donors (Lipinski definition) is 1. The van der Waals surface area contributed by atoms with E-state index in [1.54, 1.807) is 6.92 Å². The molecule has 0 unspecified atom stereocenters. The SMILES string of the molecule is Cc1cc(Br)nc(N)c1C(F)F. The summed E-state index contributed by atoms with van der Waals surface area (Å²) in [5.41, 5.74) is 5.57. The van der Waals surface area contributed by atoms with Crippen molar-refractivity contribution in [2.75, 3.05) is 5.73 Å². The number of pyridine rings is 1. The maximum atomic E-state index is 12.3. The Morgan fingerprint density at radius 3 is 2.58 bits per heavy atom. The first-order valence-electron chi connectivity index (χ1n) is 3.23. The molecule has 12 heavy (non-hydrogen) atoms. The van der Waals surface area contributed by atoms with Gasteiger partial charge in [-0.05, 0) is 34.5 Å². The van der Waals surface area contributed by atoms with Gasteiger partial charge in [-0.25, -0.2) is 13.8 Å². The van der Waals surface area contributed by atoms with Crippen LogP contribution in [0.3, 0.4) is 0 Å². The number of nitrogens with zero attached hydrogens (tertiary/aromatic N) is 1. The van der Waals surface area contributed by atoms with E-state index in [1.165, 1.54) is 6.07 Å². The van der Waals surface area contributed by atoms with E-state index < -0.39 is 6.43 Å². The predicted molar refractivity (Wildman–Crippen MR) is 46.0 cm³/mol. The van der Waals surface area contributed by atoms with Crippen LogP contribution in [0, 0.1) is 6.92 Å². The normalized spacial score (nSPS) is 10.8. The molecule has 0 atom stereocenters. The van der Waals surface area contributed by atoms with Gasteiger partial charge in [0.05, 0.1) is 5.56 Å². The van der Waals surface area contributed by atoms with Crippen LogP contribution in [0.25, 0.3) is 0 Å². The molecule has 1 heterocycles. The van der Waals surface area contributed by atoms with Crippen molar-refractivity contribution in [2.45, 2.75) is 13.3 Å². The molecule has 0 aliphatic carbocycles. The summed E-state index contributed by atoms with van der Waals surface area (Å²) in [5, 5.41) is 0. The van der Waals surface area contributed by atoms with E-state index in [4.69, 9.17) is 5.73 Å². The first kappa shape index (κ1) is 9.38. The van der Waals surface area contributed by atoms with Crippen molar-refractivity contribution >= 4 is 21.7 Å². The Morgan fingerprint density at radius 2 is 2.17 bits per heavy atom. The first-order chi connectivity index (χ1) is 5.52. The van der Waals surface area contributed by atoms with Gasteiger partial charge in [0.15, 0.2) is 0 Å². The van der Waals surface area contributed by atoms with Gasteiger partial charge in [0, 0.05) is 0 Å². The Hall–Kier alpha value is -0.710. The molecule has 0 aliphatic heterocycles. The molecule has 1 aromatic heterocycles. The molecule has 0 saturated carbocycles. The van der Waals surface area contributed by atoms with Gasteiger partial charge in [-0.3, -0.25) is 0 Å². The zero-order chi connectivity index (χ0) is 9.30. The average Bonchev–Trinajstić information content (AvgIpc) is 1.82.